The summed E-state index contributed by atoms with van der Waals surface area (Å²) in [4.78, 5) is 4.64. The predicted molar refractivity (Wildman–Crippen MR) is 64.4 cm³/mol. The van der Waals surface area contributed by atoms with E-state index in [-0.39, 0.29) is 0 Å². The first-order valence-corrected chi connectivity index (χ1v) is 5.99. The summed E-state index contributed by atoms with van der Waals surface area (Å²) in [6.07, 6.45) is 8.21. The molecule has 0 amide bonds. The number of aromatic nitrogens is 2. The van der Waals surface area contributed by atoms with Crippen molar-refractivity contribution in [1.82, 2.24) is 14.7 Å². The Balaban J connectivity index is 1.79. The fourth-order valence-electron chi connectivity index (χ4n) is 2.15. The van der Waals surface area contributed by atoms with Crippen molar-refractivity contribution in [3.8, 4) is 0 Å². The van der Waals surface area contributed by atoms with E-state index in [0.717, 1.165) is 23.9 Å². The van der Waals surface area contributed by atoms with Crippen LogP contribution >= 0.6 is 0 Å². The Kier molecular flexibility index (Phi) is 2.40. The first kappa shape index (κ1) is 9.85. The fourth-order valence-corrected chi connectivity index (χ4v) is 2.15. The van der Waals surface area contributed by atoms with Gasteiger partial charge in [-0.15, -0.1) is 0 Å². The van der Waals surface area contributed by atoms with Crippen LogP contribution < -0.4 is 5.32 Å². The lowest BCUT2D eigenvalue weighted by Gasteiger charge is -2.26. The van der Waals surface area contributed by atoms with Gasteiger partial charge >= 0.3 is 0 Å². The summed E-state index contributed by atoms with van der Waals surface area (Å²) in [6, 6.07) is 4.89. The number of nitrogens with one attached hydrogen (secondary N) is 1. The third-order valence-electron chi connectivity index (χ3n) is 3.40. The molecule has 1 aliphatic carbocycles. The highest BCUT2D eigenvalue weighted by molar-refractivity contribution is 5.47. The number of aryl methyl sites for hydroxylation is 1. The van der Waals surface area contributed by atoms with Crippen LogP contribution in [-0.2, 0) is 6.54 Å². The summed E-state index contributed by atoms with van der Waals surface area (Å²) in [6.45, 7) is 3.00. The second-order valence-corrected chi connectivity index (χ2v) is 4.66. The summed E-state index contributed by atoms with van der Waals surface area (Å²) in [5.74, 6) is 0. The fraction of sp³-hybridized carbons (Fsp3) is 0.462. The molecule has 3 nitrogen and oxygen atoms in total. The van der Waals surface area contributed by atoms with Crippen molar-refractivity contribution in [2.24, 2.45) is 0 Å². The first-order valence-electron chi connectivity index (χ1n) is 5.99. The van der Waals surface area contributed by atoms with E-state index in [1.807, 2.05) is 0 Å². The SMILES string of the molecule is Cc1cccn2cc(CNC3CCC3)nc12. The highest BCUT2D eigenvalue weighted by Gasteiger charge is 2.16. The molecular weight excluding hydrogens is 198 g/mol. The zero-order valence-electron chi connectivity index (χ0n) is 9.61. The molecule has 0 aliphatic heterocycles. The van der Waals surface area contributed by atoms with E-state index in [2.05, 4.69) is 46.2 Å². The molecule has 0 unspecified atom stereocenters. The van der Waals surface area contributed by atoms with Gasteiger partial charge in [0.1, 0.15) is 5.65 Å². The summed E-state index contributed by atoms with van der Waals surface area (Å²) >= 11 is 0. The van der Waals surface area contributed by atoms with Crippen molar-refractivity contribution in [3.63, 3.8) is 0 Å². The number of hydrogen-bond donors (Lipinski definition) is 1. The maximum absolute atomic E-state index is 4.64. The molecule has 0 bridgehead atoms. The highest BCUT2D eigenvalue weighted by Crippen LogP contribution is 2.18. The van der Waals surface area contributed by atoms with Crippen LogP contribution in [0.2, 0.25) is 0 Å². The lowest BCUT2D eigenvalue weighted by molar-refractivity contribution is 0.337. The van der Waals surface area contributed by atoms with Crippen LogP contribution in [0, 0.1) is 6.92 Å². The molecule has 1 saturated carbocycles. The average Bonchev–Trinajstić information content (AvgIpc) is 2.60. The van der Waals surface area contributed by atoms with E-state index in [9.17, 15) is 0 Å². The molecule has 84 valence electrons. The molecule has 2 aromatic rings. The largest absolute Gasteiger partial charge is 0.308 e. The molecule has 1 aliphatic rings. The van der Waals surface area contributed by atoms with Crippen molar-refractivity contribution in [2.75, 3.05) is 0 Å². The minimum absolute atomic E-state index is 0.728. The van der Waals surface area contributed by atoms with Crippen molar-refractivity contribution in [2.45, 2.75) is 38.8 Å². The van der Waals surface area contributed by atoms with Gasteiger partial charge in [0.05, 0.1) is 5.69 Å². The molecule has 0 aromatic carbocycles. The van der Waals surface area contributed by atoms with E-state index >= 15 is 0 Å². The molecular formula is C13H17N3. The normalized spacial score (nSPS) is 16.6. The standard InChI is InChI=1S/C13H17N3/c1-10-4-3-7-16-9-12(15-13(10)16)8-14-11-5-2-6-11/h3-4,7,9,11,14H,2,5-6,8H2,1H3. The number of imidazole rings is 1. The van der Waals surface area contributed by atoms with Crippen LogP contribution in [-0.4, -0.2) is 15.4 Å². The molecule has 0 spiro atoms. The zero-order valence-corrected chi connectivity index (χ0v) is 9.61. The quantitative estimate of drug-likeness (QED) is 0.851. The van der Waals surface area contributed by atoms with Gasteiger partial charge in [-0.25, -0.2) is 4.98 Å². The van der Waals surface area contributed by atoms with E-state index in [1.165, 1.54) is 24.8 Å². The van der Waals surface area contributed by atoms with Crippen molar-refractivity contribution in [1.29, 1.82) is 0 Å². The Hall–Kier alpha value is -1.35. The Morgan fingerprint density at radius 3 is 3.06 bits per heavy atom. The summed E-state index contributed by atoms with van der Waals surface area (Å²) in [5.41, 5.74) is 3.45. The molecule has 0 radical (unpaired) electrons. The first-order chi connectivity index (χ1) is 7.83. The van der Waals surface area contributed by atoms with Crippen LogP contribution in [0.15, 0.2) is 24.5 Å². The zero-order chi connectivity index (χ0) is 11.0. The molecule has 3 rings (SSSR count). The van der Waals surface area contributed by atoms with Crippen molar-refractivity contribution in [3.05, 3.63) is 35.8 Å². The maximum atomic E-state index is 4.64. The monoisotopic (exact) mass is 215 g/mol. The van der Waals surface area contributed by atoms with Crippen LogP contribution in [0.5, 0.6) is 0 Å². The second kappa shape index (κ2) is 3.91. The van der Waals surface area contributed by atoms with Crippen LogP contribution in [0.3, 0.4) is 0 Å². The number of rotatable bonds is 3. The number of nitrogens with zero attached hydrogens (tertiary/aromatic N) is 2. The van der Waals surface area contributed by atoms with Crippen LogP contribution in [0.25, 0.3) is 5.65 Å². The number of fused-ring (bicyclic) bond motifs is 1. The van der Waals surface area contributed by atoms with Crippen molar-refractivity contribution >= 4 is 5.65 Å². The molecule has 3 heteroatoms. The molecule has 16 heavy (non-hydrogen) atoms. The minimum Gasteiger partial charge on any atom is -0.308 e. The third kappa shape index (κ3) is 1.71. The Bertz CT molecular complexity index is 497. The molecule has 1 fully saturated rings. The van der Waals surface area contributed by atoms with E-state index in [4.69, 9.17) is 0 Å². The van der Waals surface area contributed by atoms with E-state index in [1.54, 1.807) is 0 Å². The van der Waals surface area contributed by atoms with Gasteiger partial charge in [-0.1, -0.05) is 12.5 Å². The van der Waals surface area contributed by atoms with Gasteiger partial charge < -0.3 is 9.72 Å². The minimum atomic E-state index is 0.728. The topological polar surface area (TPSA) is 29.3 Å². The third-order valence-corrected chi connectivity index (χ3v) is 3.40. The summed E-state index contributed by atoms with van der Waals surface area (Å²) in [5, 5.41) is 3.54. The second-order valence-electron chi connectivity index (χ2n) is 4.66. The van der Waals surface area contributed by atoms with Gasteiger partial charge in [0.2, 0.25) is 0 Å². The molecule has 0 atom stereocenters. The maximum Gasteiger partial charge on any atom is 0.139 e. The highest BCUT2D eigenvalue weighted by atomic mass is 15.0. The Morgan fingerprint density at radius 1 is 1.50 bits per heavy atom. The van der Waals surface area contributed by atoms with Gasteiger partial charge in [-0.3, -0.25) is 0 Å². The van der Waals surface area contributed by atoms with Gasteiger partial charge in [-0.2, -0.15) is 0 Å². The Morgan fingerprint density at radius 2 is 2.38 bits per heavy atom. The average molecular weight is 215 g/mol. The predicted octanol–water partition coefficient (Wildman–Crippen LogP) is 2.28. The molecule has 0 saturated heterocycles. The van der Waals surface area contributed by atoms with E-state index in [0.29, 0.717) is 0 Å². The van der Waals surface area contributed by atoms with Gasteiger partial charge in [0.25, 0.3) is 0 Å². The number of pyridine rings is 1. The van der Waals surface area contributed by atoms with E-state index < -0.39 is 0 Å². The smallest absolute Gasteiger partial charge is 0.139 e. The Labute approximate surface area is 95.5 Å². The van der Waals surface area contributed by atoms with Crippen LogP contribution in [0.4, 0.5) is 0 Å². The van der Waals surface area contributed by atoms with Gasteiger partial charge in [0, 0.05) is 25.0 Å². The summed E-state index contributed by atoms with van der Waals surface area (Å²) in [7, 11) is 0. The van der Waals surface area contributed by atoms with Crippen molar-refractivity contribution < 1.29 is 0 Å². The van der Waals surface area contributed by atoms with Gasteiger partial charge in [0.15, 0.2) is 0 Å². The molecule has 2 heterocycles. The number of hydrogen-bond acceptors (Lipinski definition) is 2. The molecule has 1 N–H and O–H groups in total. The van der Waals surface area contributed by atoms with Crippen LogP contribution in [0.1, 0.15) is 30.5 Å². The summed E-state index contributed by atoms with van der Waals surface area (Å²) < 4.78 is 2.10. The lowest BCUT2D eigenvalue weighted by atomic mass is 9.93. The molecule has 2 aromatic heterocycles. The van der Waals surface area contributed by atoms with Gasteiger partial charge in [-0.05, 0) is 31.4 Å². The lowest BCUT2D eigenvalue weighted by Crippen LogP contribution is -2.34.